The zero-order chi connectivity index (χ0) is 10.6. The maximum Gasteiger partial charge on any atom is 0.138 e. The Balaban J connectivity index is 2.73. The summed E-state index contributed by atoms with van der Waals surface area (Å²) in [6.07, 6.45) is 0. The number of benzene rings is 1. The molecule has 1 N–H and O–H groups in total. The van der Waals surface area contributed by atoms with E-state index in [1.165, 1.54) is 0 Å². The second-order valence-corrected chi connectivity index (χ2v) is 4.26. The molecule has 0 spiro atoms. The minimum atomic E-state index is -0.0227. The summed E-state index contributed by atoms with van der Waals surface area (Å²) in [4.78, 5) is 0. The van der Waals surface area contributed by atoms with Crippen molar-refractivity contribution >= 4 is 27.5 Å². The maximum atomic E-state index is 8.85. The van der Waals surface area contributed by atoms with Gasteiger partial charge in [-0.3, -0.25) is 0 Å². The summed E-state index contributed by atoms with van der Waals surface area (Å²) in [6.45, 7) is 3.99. The number of halogens is 2. The Morgan fingerprint density at radius 3 is 2.79 bits per heavy atom. The smallest absolute Gasteiger partial charge is 0.138 e. The highest BCUT2D eigenvalue weighted by Crippen LogP contribution is 2.26. The lowest BCUT2D eigenvalue weighted by molar-refractivity contribution is 0.281. The molecule has 14 heavy (non-hydrogen) atoms. The van der Waals surface area contributed by atoms with Gasteiger partial charge in [0.15, 0.2) is 0 Å². The van der Waals surface area contributed by atoms with E-state index in [1.54, 1.807) is 18.2 Å². The number of hydrogen-bond donors (Lipinski definition) is 1. The van der Waals surface area contributed by atoms with Crippen LogP contribution in [0.1, 0.15) is 5.56 Å². The third-order valence-corrected chi connectivity index (χ3v) is 2.09. The molecule has 0 fully saturated rings. The fraction of sp³-hybridized carbons (Fsp3) is 0.200. The molecule has 0 saturated carbocycles. The van der Waals surface area contributed by atoms with E-state index in [4.69, 9.17) is 21.4 Å². The highest BCUT2D eigenvalue weighted by molar-refractivity contribution is 9.11. The molecular formula is C10H10BrClO2. The third-order valence-electron chi connectivity index (χ3n) is 1.56. The average molecular weight is 278 g/mol. The van der Waals surface area contributed by atoms with Gasteiger partial charge in [-0.2, -0.15) is 0 Å². The normalized spacial score (nSPS) is 9.93. The fourth-order valence-electron chi connectivity index (χ4n) is 0.916. The Bertz CT molecular complexity index is 339. The Morgan fingerprint density at radius 1 is 1.57 bits per heavy atom. The average Bonchev–Trinajstić information content (AvgIpc) is 2.15. The first-order chi connectivity index (χ1) is 6.63. The van der Waals surface area contributed by atoms with Crippen LogP contribution in [-0.4, -0.2) is 11.7 Å². The summed E-state index contributed by atoms with van der Waals surface area (Å²) >= 11 is 9.09. The summed E-state index contributed by atoms with van der Waals surface area (Å²) in [5.41, 5.74) is 0.764. The van der Waals surface area contributed by atoms with E-state index in [0.717, 1.165) is 10.0 Å². The lowest BCUT2D eigenvalue weighted by atomic mass is 10.2. The summed E-state index contributed by atoms with van der Waals surface area (Å²) in [7, 11) is 0. The van der Waals surface area contributed by atoms with Crippen LogP contribution in [0.3, 0.4) is 0 Å². The topological polar surface area (TPSA) is 29.5 Å². The minimum Gasteiger partial charge on any atom is -0.487 e. The van der Waals surface area contributed by atoms with Crippen molar-refractivity contribution in [1.29, 1.82) is 0 Å². The minimum absolute atomic E-state index is 0.0227. The third kappa shape index (κ3) is 3.33. The molecule has 0 aliphatic rings. The van der Waals surface area contributed by atoms with E-state index >= 15 is 0 Å². The predicted octanol–water partition coefficient (Wildman–Crippen LogP) is 3.12. The number of ether oxygens (including phenoxy) is 1. The summed E-state index contributed by atoms with van der Waals surface area (Å²) in [5, 5.41) is 9.34. The van der Waals surface area contributed by atoms with Crippen molar-refractivity contribution in [2.24, 2.45) is 0 Å². The van der Waals surface area contributed by atoms with Crippen molar-refractivity contribution in [2.45, 2.75) is 6.61 Å². The van der Waals surface area contributed by atoms with Crippen molar-refractivity contribution in [3.05, 3.63) is 39.8 Å². The number of hydrogen-bond acceptors (Lipinski definition) is 2. The van der Waals surface area contributed by atoms with E-state index in [0.29, 0.717) is 17.4 Å². The predicted molar refractivity (Wildman–Crippen MR) is 60.9 cm³/mol. The van der Waals surface area contributed by atoms with E-state index in [9.17, 15) is 0 Å². The van der Waals surface area contributed by atoms with E-state index in [2.05, 4.69) is 22.5 Å². The van der Waals surface area contributed by atoms with Gasteiger partial charge in [0.25, 0.3) is 0 Å². The zero-order valence-electron chi connectivity index (χ0n) is 7.46. The molecule has 0 atom stereocenters. The summed E-state index contributed by atoms with van der Waals surface area (Å²) < 4.78 is 6.09. The van der Waals surface area contributed by atoms with Crippen molar-refractivity contribution in [3.63, 3.8) is 0 Å². The van der Waals surface area contributed by atoms with Crippen LogP contribution in [-0.2, 0) is 6.61 Å². The molecule has 0 aromatic heterocycles. The Morgan fingerprint density at radius 2 is 2.29 bits per heavy atom. The van der Waals surface area contributed by atoms with Crippen LogP contribution in [0.4, 0.5) is 0 Å². The molecule has 0 bridgehead atoms. The van der Waals surface area contributed by atoms with Crippen LogP contribution in [0.2, 0.25) is 5.02 Å². The van der Waals surface area contributed by atoms with Crippen LogP contribution < -0.4 is 4.74 Å². The first-order valence-corrected chi connectivity index (χ1v) is 5.16. The molecule has 0 saturated heterocycles. The molecule has 0 amide bonds. The second kappa shape index (κ2) is 5.39. The van der Waals surface area contributed by atoms with Gasteiger partial charge < -0.3 is 9.84 Å². The molecule has 1 rings (SSSR count). The van der Waals surface area contributed by atoms with Crippen LogP contribution in [0.15, 0.2) is 29.3 Å². The lowest BCUT2D eigenvalue weighted by Crippen LogP contribution is -1.97. The Hall–Kier alpha value is -0.510. The molecule has 0 unspecified atom stereocenters. The number of aliphatic hydroxyl groups excluding tert-OH is 1. The van der Waals surface area contributed by atoms with Gasteiger partial charge in [-0.05, 0) is 17.7 Å². The van der Waals surface area contributed by atoms with Crippen LogP contribution >= 0.6 is 27.5 Å². The quantitative estimate of drug-likeness (QED) is 0.916. The molecule has 0 aliphatic heterocycles. The summed E-state index contributed by atoms with van der Waals surface area (Å²) in [5.74, 6) is 0.587. The van der Waals surface area contributed by atoms with Gasteiger partial charge >= 0.3 is 0 Å². The van der Waals surface area contributed by atoms with E-state index < -0.39 is 0 Å². The van der Waals surface area contributed by atoms with Gasteiger partial charge in [0.05, 0.1) is 11.6 Å². The van der Waals surface area contributed by atoms with Gasteiger partial charge in [-0.25, -0.2) is 0 Å². The van der Waals surface area contributed by atoms with Crippen molar-refractivity contribution < 1.29 is 9.84 Å². The first kappa shape index (κ1) is 11.6. The van der Waals surface area contributed by atoms with E-state index in [1.807, 2.05) is 0 Å². The lowest BCUT2D eigenvalue weighted by Gasteiger charge is -2.07. The largest absolute Gasteiger partial charge is 0.487 e. The molecule has 76 valence electrons. The molecule has 1 aromatic carbocycles. The maximum absolute atomic E-state index is 8.85. The van der Waals surface area contributed by atoms with Crippen LogP contribution in [0.25, 0.3) is 0 Å². The molecule has 0 aliphatic carbocycles. The van der Waals surface area contributed by atoms with Crippen molar-refractivity contribution in [2.75, 3.05) is 6.61 Å². The molecule has 4 heteroatoms. The highest BCUT2D eigenvalue weighted by atomic mass is 79.9. The molecule has 2 nitrogen and oxygen atoms in total. The number of rotatable bonds is 4. The fourth-order valence-corrected chi connectivity index (χ4v) is 1.29. The van der Waals surface area contributed by atoms with E-state index in [-0.39, 0.29) is 6.61 Å². The SMILES string of the molecule is C=C(Br)COc1ccc(CO)cc1Cl. The van der Waals surface area contributed by atoms with Crippen molar-refractivity contribution in [3.8, 4) is 5.75 Å². The van der Waals surface area contributed by atoms with Gasteiger partial charge in [0, 0.05) is 4.48 Å². The standard InChI is InChI=1S/C10H10BrClO2/c1-7(11)6-14-10-3-2-8(5-13)4-9(10)12/h2-4,13H,1,5-6H2. The first-order valence-electron chi connectivity index (χ1n) is 3.99. The molecule has 0 radical (unpaired) electrons. The summed E-state index contributed by atoms with van der Waals surface area (Å²) in [6, 6.07) is 5.16. The van der Waals surface area contributed by atoms with Crippen LogP contribution in [0, 0.1) is 0 Å². The highest BCUT2D eigenvalue weighted by Gasteiger charge is 2.02. The number of aliphatic hydroxyl groups is 1. The Labute approximate surface area is 96.3 Å². The zero-order valence-corrected chi connectivity index (χ0v) is 9.81. The monoisotopic (exact) mass is 276 g/mol. The molecule has 0 heterocycles. The molecular weight excluding hydrogens is 267 g/mol. The Kier molecular flexibility index (Phi) is 4.45. The van der Waals surface area contributed by atoms with Gasteiger partial charge in [-0.1, -0.05) is 40.2 Å². The van der Waals surface area contributed by atoms with Gasteiger partial charge in [0.1, 0.15) is 12.4 Å². The van der Waals surface area contributed by atoms with Gasteiger partial charge in [0.2, 0.25) is 0 Å². The molecule has 1 aromatic rings. The van der Waals surface area contributed by atoms with Crippen molar-refractivity contribution in [1.82, 2.24) is 0 Å². The second-order valence-electron chi connectivity index (χ2n) is 2.73. The van der Waals surface area contributed by atoms with Crippen LogP contribution in [0.5, 0.6) is 5.75 Å². The van der Waals surface area contributed by atoms with Gasteiger partial charge in [-0.15, -0.1) is 0 Å².